The van der Waals surface area contributed by atoms with Gasteiger partial charge >= 0.3 is 0 Å². The lowest BCUT2D eigenvalue weighted by Gasteiger charge is -2.26. The monoisotopic (exact) mass is 347 g/mol. The van der Waals surface area contributed by atoms with Gasteiger partial charge in [-0.15, -0.1) is 0 Å². The lowest BCUT2D eigenvalue weighted by atomic mass is 10.1. The predicted octanol–water partition coefficient (Wildman–Crippen LogP) is 4.96. The van der Waals surface area contributed by atoms with E-state index in [1.54, 1.807) is 0 Å². The maximum atomic E-state index is 6.17. The number of rotatable bonds is 5. The van der Waals surface area contributed by atoms with Crippen molar-refractivity contribution >= 4 is 15.9 Å². The van der Waals surface area contributed by atoms with E-state index in [1.807, 2.05) is 42.5 Å². The minimum Gasteiger partial charge on any atom is -0.484 e. The first-order valence-electron chi connectivity index (χ1n) is 7.16. The summed E-state index contributed by atoms with van der Waals surface area (Å²) in [5, 5.41) is 3.52. The van der Waals surface area contributed by atoms with Gasteiger partial charge in [-0.25, -0.2) is 0 Å². The van der Waals surface area contributed by atoms with Crippen LogP contribution in [0.25, 0.3) is 0 Å². The molecule has 0 aliphatic carbocycles. The maximum Gasteiger partial charge on any atom is 0.136 e. The van der Waals surface area contributed by atoms with E-state index in [0.717, 1.165) is 16.8 Å². The van der Waals surface area contributed by atoms with Crippen molar-refractivity contribution in [1.29, 1.82) is 0 Å². The van der Waals surface area contributed by atoms with E-state index in [1.165, 1.54) is 5.56 Å². The molecule has 0 amide bonds. The summed E-state index contributed by atoms with van der Waals surface area (Å²) in [6, 6.07) is 18.3. The molecule has 1 unspecified atom stereocenters. The van der Waals surface area contributed by atoms with Crippen LogP contribution < -0.4 is 10.1 Å². The number of ether oxygens (including phenoxy) is 1. The Labute approximate surface area is 135 Å². The zero-order valence-electron chi connectivity index (χ0n) is 12.8. The summed E-state index contributed by atoms with van der Waals surface area (Å²) in [5.41, 5.74) is 1.24. The minimum absolute atomic E-state index is 0.00778. The van der Waals surface area contributed by atoms with Crippen LogP contribution >= 0.6 is 15.9 Å². The number of halogens is 1. The Bertz CT molecular complexity index is 546. The van der Waals surface area contributed by atoms with Gasteiger partial charge in [0.15, 0.2) is 0 Å². The fourth-order valence-corrected chi connectivity index (χ4v) is 2.24. The summed E-state index contributed by atoms with van der Waals surface area (Å²) in [5.74, 6) is 0.878. The molecule has 2 nitrogen and oxygen atoms in total. The van der Waals surface area contributed by atoms with E-state index in [0.29, 0.717) is 0 Å². The van der Waals surface area contributed by atoms with Gasteiger partial charge in [-0.2, -0.15) is 0 Å². The second-order valence-electron chi connectivity index (χ2n) is 6.10. The first kappa shape index (κ1) is 16.1. The molecule has 2 aromatic carbocycles. The fourth-order valence-electron chi connectivity index (χ4n) is 1.97. The first-order valence-corrected chi connectivity index (χ1v) is 7.95. The molecule has 0 aromatic heterocycles. The molecule has 0 radical (unpaired) electrons. The average Bonchev–Trinajstić information content (AvgIpc) is 2.45. The number of hydrogen-bond donors (Lipinski definition) is 1. The van der Waals surface area contributed by atoms with Gasteiger partial charge in [-0.3, -0.25) is 0 Å². The minimum atomic E-state index is -0.00778. The van der Waals surface area contributed by atoms with Crippen LogP contribution in [-0.2, 0) is 0 Å². The molecule has 0 fully saturated rings. The second-order valence-corrected chi connectivity index (χ2v) is 7.02. The summed E-state index contributed by atoms with van der Waals surface area (Å²) in [4.78, 5) is 0. The van der Waals surface area contributed by atoms with Gasteiger partial charge in [0.25, 0.3) is 0 Å². The first-order chi connectivity index (χ1) is 9.94. The lowest BCUT2D eigenvalue weighted by Crippen LogP contribution is -2.39. The van der Waals surface area contributed by atoms with Crippen LogP contribution in [0.5, 0.6) is 5.75 Å². The number of hydrogen-bond acceptors (Lipinski definition) is 2. The van der Waals surface area contributed by atoms with Gasteiger partial charge in [0.1, 0.15) is 11.9 Å². The van der Waals surface area contributed by atoms with E-state index in [4.69, 9.17) is 4.74 Å². The van der Waals surface area contributed by atoms with Crippen LogP contribution in [0.2, 0.25) is 0 Å². The Balaban J connectivity index is 2.13. The Hall–Kier alpha value is -1.32. The maximum absolute atomic E-state index is 6.17. The van der Waals surface area contributed by atoms with Crippen LogP contribution in [0.3, 0.4) is 0 Å². The molecule has 1 N–H and O–H groups in total. The van der Waals surface area contributed by atoms with Gasteiger partial charge in [0, 0.05) is 16.6 Å². The van der Waals surface area contributed by atoms with Gasteiger partial charge in [-0.1, -0.05) is 46.3 Å². The van der Waals surface area contributed by atoms with Crippen LogP contribution in [0.4, 0.5) is 0 Å². The standard InChI is InChI=1S/C18H22BrNO/c1-18(2,3)20-13-17(14-7-5-4-6-8-14)21-16-11-9-15(19)10-12-16/h4-12,17,20H,13H2,1-3H3. The highest BCUT2D eigenvalue weighted by Crippen LogP contribution is 2.23. The number of benzene rings is 2. The lowest BCUT2D eigenvalue weighted by molar-refractivity contribution is 0.188. The summed E-state index contributed by atoms with van der Waals surface area (Å²) in [6.07, 6.45) is -0.00778. The molecule has 2 rings (SSSR count). The smallest absolute Gasteiger partial charge is 0.136 e. The predicted molar refractivity (Wildman–Crippen MR) is 91.7 cm³/mol. The van der Waals surface area contributed by atoms with Crippen molar-refractivity contribution in [3.63, 3.8) is 0 Å². The Morgan fingerprint density at radius 2 is 1.62 bits per heavy atom. The van der Waals surface area contributed by atoms with Crippen molar-refractivity contribution in [1.82, 2.24) is 5.32 Å². The third-order valence-corrected chi connectivity index (χ3v) is 3.61. The molecule has 0 saturated carbocycles. The molecular formula is C18H22BrNO. The molecule has 3 heteroatoms. The molecule has 112 valence electrons. The van der Waals surface area contributed by atoms with Crippen molar-refractivity contribution in [2.75, 3.05) is 6.54 Å². The molecule has 0 aliphatic rings. The van der Waals surface area contributed by atoms with Crippen LogP contribution in [0.1, 0.15) is 32.4 Å². The molecule has 0 aliphatic heterocycles. The van der Waals surface area contributed by atoms with Crippen molar-refractivity contribution in [3.05, 3.63) is 64.6 Å². The molecule has 0 saturated heterocycles. The van der Waals surface area contributed by atoms with Crippen molar-refractivity contribution < 1.29 is 4.74 Å². The molecule has 21 heavy (non-hydrogen) atoms. The summed E-state index contributed by atoms with van der Waals surface area (Å²) < 4.78 is 7.22. The van der Waals surface area contributed by atoms with Gasteiger partial charge < -0.3 is 10.1 Å². The second kappa shape index (κ2) is 7.10. The van der Waals surface area contributed by atoms with E-state index < -0.39 is 0 Å². The summed E-state index contributed by atoms with van der Waals surface area (Å²) >= 11 is 3.45. The molecule has 0 bridgehead atoms. The normalized spacial score (nSPS) is 13.0. The molecule has 0 heterocycles. The van der Waals surface area contributed by atoms with Gasteiger partial charge in [0.2, 0.25) is 0 Å². The van der Waals surface area contributed by atoms with Crippen LogP contribution in [0, 0.1) is 0 Å². The van der Waals surface area contributed by atoms with Crippen molar-refractivity contribution in [2.45, 2.75) is 32.4 Å². The largest absolute Gasteiger partial charge is 0.484 e. The van der Waals surface area contributed by atoms with Gasteiger partial charge in [0.05, 0.1) is 0 Å². The highest BCUT2D eigenvalue weighted by Gasteiger charge is 2.17. The van der Waals surface area contributed by atoms with Crippen LogP contribution in [-0.4, -0.2) is 12.1 Å². The van der Waals surface area contributed by atoms with E-state index in [-0.39, 0.29) is 11.6 Å². The highest BCUT2D eigenvalue weighted by atomic mass is 79.9. The topological polar surface area (TPSA) is 21.3 Å². The van der Waals surface area contributed by atoms with E-state index in [9.17, 15) is 0 Å². The third-order valence-electron chi connectivity index (χ3n) is 3.08. The third kappa shape index (κ3) is 5.52. The summed E-state index contributed by atoms with van der Waals surface area (Å²) in [7, 11) is 0. The molecule has 2 aromatic rings. The van der Waals surface area contributed by atoms with Gasteiger partial charge in [-0.05, 0) is 50.6 Å². The Kier molecular flexibility index (Phi) is 5.43. The van der Waals surface area contributed by atoms with E-state index in [2.05, 4.69) is 54.2 Å². The highest BCUT2D eigenvalue weighted by molar-refractivity contribution is 9.10. The fraction of sp³-hybridized carbons (Fsp3) is 0.333. The molecule has 1 atom stereocenters. The number of nitrogens with one attached hydrogen (secondary N) is 1. The van der Waals surface area contributed by atoms with Crippen molar-refractivity contribution in [3.8, 4) is 5.75 Å². The Morgan fingerprint density at radius 1 is 1.00 bits per heavy atom. The van der Waals surface area contributed by atoms with Crippen molar-refractivity contribution in [2.24, 2.45) is 0 Å². The zero-order valence-corrected chi connectivity index (χ0v) is 14.4. The molecular weight excluding hydrogens is 326 g/mol. The Morgan fingerprint density at radius 3 is 2.19 bits per heavy atom. The van der Waals surface area contributed by atoms with Crippen LogP contribution in [0.15, 0.2) is 59.1 Å². The zero-order chi connectivity index (χ0) is 15.3. The quantitative estimate of drug-likeness (QED) is 0.825. The summed E-state index contributed by atoms with van der Waals surface area (Å²) in [6.45, 7) is 7.25. The molecule has 0 spiro atoms. The average molecular weight is 348 g/mol. The van der Waals surface area contributed by atoms with E-state index >= 15 is 0 Å². The SMILES string of the molecule is CC(C)(C)NCC(Oc1ccc(Br)cc1)c1ccccc1.